The summed E-state index contributed by atoms with van der Waals surface area (Å²) in [5, 5.41) is 0. The summed E-state index contributed by atoms with van der Waals surface area (Å²) in [5.74, 6) is 0. The number of nitrogens with zero attached hydrogens (tertiary/aromatic N) is 1. The van der Waals surface area contributed by atoms with E-state index < -0.39 is 0 Å². The van der Waals surface area contributed by atoms with Crippen LogP contribution in [0, 0.1) is 0 Å². The molecule has 0 N–H and O–H groups in total. The van der Waals surface area contributed by atoms with Gasteiger partial charge in [0.15, 0.2) is 6.73 Å². The van der Waals surface area contributed by atoms with Gasteiger partial charge in [-0.2, -0.15) is 0 Å². The van der Waals surface area contributed by atoms with Crippen LogP contribution in [0.5, 0.6) is 0 Å². The first-order valence-electron chi connectivity index (χ1n) is 11.5. The van der Waals surface area contributed by atoms with E-state index >= 15 is 0 Å². The van der Waals surface area contributed by atoms with Crippen molar-refractivity contribution in [1.82, 2.24) is 0 Å². The fraction of sp³-hybridized carbons (Fsp3) is 1.00. The van der Waals surface area contributed by atoms with E-state index in [2.05, 4.69) is 27.9 Å². The van der Waals surface area contributed by atoms with Gasteiger partial charge in [0, 0.05) is 0 Å². The Morgan fingerprint density at radius 1 is 0.538 bits per heavy atom. The molecule has 0 atom stereocenters. The van der Waals surface area contributed by atoms with E-state index in [9.17, 15) is 0 Å². The van der Waals surface area contributed by atoms with Crippen molar-refractivity contribution in [3.05, 3.63) is 0 Å². The van der Waals surface area contributed by atoms with Crippen molar-refractivity contribution in [2.75, 3.05) is 34.0 Å². The molecule has 0 amide bonds. The van der Waals surface area contributed by atoms with Crippen LogP contribution in [0.1, 0.15) is 117 Å². The third kappa shape index (κ3) is 22.3. The first kappa shape index (κ1) is 28.4. The van der Waals surface area contributed by atoms with Gasteiger partial charge in [0.1, 0.15) is 0 Å². The molecule has 0 radical (unpaired) electrons. The molecule has 0 rings (SSSR count). The number of hydrogen-bond acceptors (Lipinski definition) is 1. The molecule has 0 aromatic heterocycles. The van der Waals surface area contributed by atoms with Gasteiger partial charge in [0.25, 0.3) is 0 Å². The zero-order chi connectivity index (χ0) is 18.6. The number of rotatable bonds is 20. The smallest absolute Gasteiger partial charge is 0.182 e. The van der Waals surface area contributed by atoms with Gasteiger partial charge in [-0.05, 0) is 19.3 Å². The molecular weight excluding hydrogens is 342 g/mol. The molecule has 0 unspecified atom stereocenters. The molecule has 26 heavy (non-hydrogen) atoms. The summed E-state index contributed by atoms with van der Waals surface area (Å²) in [6, 6.07) is 0. The highest BCUT2D eigenvalue weighted by Gasteiger charge is 2.14. The molecule has 0 aromatic rings. The van der Waals surface area contributed by atoms with Gasteiger partial charge in [-0.3, -0.25) is 0 Å². The Hall–Kier alpha value is 0.210. The van der Waals surface area contributed by atoms with Gasteiger partial charge in [-0.15, -0.1) is 0 Å². The predicted octanol–water partition coefficient (Wildman–Crippen LogP) is 4.32. The van der Waals surface area contributed by atoms with E-state index in [-0.39, 0.29) is 12.4 Å². The second-order valence-electron chi connectivity index (χ2n) is 8.65. The molecular formula is C23H50ClNO. The maximum absolute atomic E-state index is 5.94. The molecule has 3 heteroatoms. The van der Waals surface area contributed by atoms with E-state index in [1.54, 1.807) is 0 Å². The highest BCUT2D eigenvalue weighted by atomic mass is 35.5. The van der Waals surface area contributed by atoms with Crippen LogP contribution in [0.3, 0.4) is 0 Å². The molecule has 0 saturated carbocycles. The molecule has 2 nitrogen and oxygen atoms in total. The molecule has 0 spiro atoms. The van der Waals surface area contributed by atoms with Crippen LogP contribution in [0.4, 0.5) is 0 Å². The number of quaternary nitrogens is 1. The van der Waals surface area contributed by atoms with Gasteiger partial charge in [-0.1, -0.05) is 97.3 Å². The van der Waals surface area contributed by atoms with Crippen LogP contribution in [-0.2, 0) is 4.74 Å². The number of unbranched alkanes of at least 4 members (excludes halogenated alkanes) is 14. The lowest BCUT2D eigenvalue weighted by Crippen LogP contribution is -3.00. The van der Waals surface area contributed by atoms with Gasteiger partial charge >= 0.3 is 0 Å². The van der Waals surface area contributed by atoms with Gasteiger partial charge in [0.05, 0.1) is 27.2 Å². The van der Waals surface area contributed by atoms with Gasteiger partial charge in [0.2, 0.25) is 0 Å². The monoisotopic (exact) mass is 391 g/mol. The van der Waals surface area contributed by atoms with Crippen molar-refractivity contribution in [2.24, 2.45) is 0 Å². The lowest BCUT2D eigenvalue weighted by atomic mass is 10.1. The second-order valence-corrected chi connectivity index (χ2v) is 8.65. The first-order chi connectivity index (χ1) is 12.1. The van der Waals surface area contributed by atoms with Crippen LogP contribution in [0.25, 0.3) is 0 Å². The second kappa shape index (κ2) is 21.5. The van der Waals surface area contributed by atoms with E-state index in [0.717, 1.165) is 17.8 Å². The van der Waals surface area contributed by atoms with Gasteiger partial charge in [-0.25, -0.2) is 0 Å². The molecule has 160 valence electrons. The standard InChI is InChI=1S/C23H50NO.ClH/c1-5-7-9-11-13-15-17-19-21-24(3,4)23-25-22-20-18-16-14-12-10-8-6-2;/h5-23H2,1-4H3;1H/q+1;/p-1. The van der Waals surface area contributed by atoms with Crippen LogP contribution in [0.15, 0.2) is 0 Å². The summed E-state index contributed by atoms with van der Waals surface area (Å²) in [6.07, 6.45) is 22.2. The quantitative estimate of drug-likeness (QED) is 0.170. The van der Waals surface area contributed by atoms with Crippen LogP contribution < -0.4 is 12.4 Å². The zero-order valence-electron chi connectivity index (χ0n) is 18.7. The lowest BCUT2D eigenvalue weighted by molar-refractivity contribution is -0.909. The minimum atomic E-state index is 0. The molecule has 0 aromatic carbocycles. The number of halogens is 1. The molecule has 0 aliphatic carbocycles. The maximum atomic E-state index is 5.94. The maximum Gasteiger partial charge on any atom is 0.182 e. The summed E-state index contributed by atoms with van der Waals surface area (Å²) in [4.78, 5) is 0. The normalized spacial score (nSPS) is 11.5. The molecule has 0 aliphatic heterocycles. The fourth-order valence-electron chi connectivity index (χ4n) is 3.39. The van der Waals surface area contributed by atoms with Crippen LogP contribution >= 0.6 is 0 Å². The minimum Gasteiger partial charge on any atom is -1.00 e. The molecule has 0 heterocycles. The number of ether oxygens (including phenoxy) is 1. The Morgan fingerprint density at radius 3 is 1.38 bits per heavy atom. The Kier molecular flexibility index (Phi) is 23.5. The Balaban J connectivity index is 0. The topological polar surface area (TPSA) is 9.23 Å². The molecule has 0 fully saturated rings. The zero-order valence-corrected chi connectivity index (χ0v) is 19.4. The molecule has 0 aliphatic rings. The summed E-state index contributed by atoms with van der Waals surface area (Å²) < 4.78 is 6.96. The average molecular weight is 392 g/mol. The Bertz CT molecular complexity index is 259. The van der Waals surface area contributed by atoms with Crippen LogP contribution in [-0.4, -0.2) is 38.5 Å². The number of hydrogen-bond donors (Lipinski definition) is 0. The van der Waals surface area contributed by atoms with Crippen LogP contribution in [0.2, 0.25) is 0 Å². The summed E-state index contributed by atoms with van der Waals surface area (Å²) in [5.41, 5.74) is 0. The van der Waals surface area contributed by atoms with Crippen molar-refractivity contribution in [1.29, 1.82) is 0 Å². The summed E-state index contributed by atoms with van der Waals surface area (Å²) in [6.45, 7) is 7.66. The van der Waals surface area contributed by atoms with Crippen molar-refractivity contribution >= 4 is 0 Å². The molecule has 0 bridgehead atoms. The SMILES string of the molecule is CCCCCCCCCCOC[N+](C)(C)CCCCCCCCCC.[Cl-]. The fourth-order valence-corrected chi connectivity index (χ4v) is 3.39. The third-order valence-electron chi connectivity index (χ3n) is 5.20. The van der Waals surface area contributed by atoms with Crippen molar-refractivity contribution in [3.63, 3.8) is 0 Å². The van der Waals surface area contributed by atoms with Crippen molar-refractivity contribution in [3.8, 4) is 0 Å². The lowest BCUT2D eigenvalue weighted by Gasteiger charge is -2.29. The largest absolute Gasteiger partial charge is 1.00 e. The predicted molar refractivity (Wildman–Crippen MR) is 113 cm³/mol. The van der Waals surface area contributed by atoms with E-state index in [1.807, 2.05) is 0 Å². The van der Waals surface area contributed by atoms with Crippen molar-refractivity contribution < 1.29 is 21.6 Å². The van der Waals surface area contributed by atoms with E-state index in [1.165, 1.54) is 109 Å². The van der Waals surface area contributed by atoms with Gasteiger partial charge < -0.3 is 21.6 Å². The molecule has 0 saturated heterocycles. The third-order valence-corrected chi connectivity index (χ3v) is 5.20. The highest BCUT2D eigenvalue weighted by molar-refractivity contribution is 4.47. The summed E-state index contributed by atoms with van der Waals surface area (Å²) >= 11 is 0. The average Bonchev–Trinajstić information content (AvgIpc) is 2.59. The van der Waals surface area contributed by atoms with E-state index in [0.29, 0.717) is 0 Å². The first-order valence-corrected chi connectivity index (χ1v) is 11.5. The Labute approximate surface area is 172 Å². The summed E-state index contributed by atoms with van der Waals surface area (Å²) in [7, 11) is 4.63. The highest BCUT2D eigenvalue weighted by Crippen LogP contribution is 2.11. The van der Waals surface area contributed by atoms with E-state index in [4.69, 9.17) is 4.74 Å². The minimum absolute atomic E-state index is 0. The van der Waals surface area contributed by atoms with Crippen molar-refractivity contribution in [2.45, 2.75) is 117 Å². The Morgan fingerprint density at radius 2 is 0.923 bits per heavy atom.